The summed E-state index contributed by atoms with van der Waals surface area (Å²) in [6.07, 6.45) is 1.57. The number of nitrogens with two attached hydrogens (primary N) is 1. The molecule has 0 spiro atoms. The van der Waals surface area contributed by atoms with Gasteiger partial charge in [-0.3, -0.25) is 0 Å². The van der Waals surface area contributed by atoms with Crippen LogP contribution in [0.4, 0.5) is 0 Å². The van der Waals surface area contributed by atoms with Gasteiger partial charge in [0.05, 0.1) is 18.9 Å². The molecule has 2 N–H and O–H groups in total. The zero-order chi connectivity index (χ0) is 7.56. The van der Waals surface area contributed by atoms with Crippen molar-refractivity contribution in [3.05, 3.63) is 17.9 Å². The van der Waals surface area contributed by atoms with E-state index in [1.54, 1.807) is 13.4 Å². The molecular weight excluding hydrogens is 130 g/mol. The van der Waals surface area contributed by atoms with Gasteiger partial charge in [0.2, 0.25) is 0 Å². The molecule has 1 heterocycles. The standard InChI is InChI=1S/C7H11NO2/c1-5(8)6-3-4-10-7(6)9-2/h3-5H,8H2,1-2H3. The Hall–Kier alpha value is -0.960. The van der Waals surface area contributed by atoms with Gasteiger partial charge >= 0.3 is 0 Å². The summed E-state index contributed by atoms with van der Waals surface area (Å²) in [5, 5.41) is 0. The van der Waals surface area contributed by atoms with Crippen LogP contribution in [-0.4, -0.2) is 7.11 Å². The predicted molar refractivity (Wildman–Crippen MR) is 37.9 cm³/mol. The molecule has 1 atom stereocenters. The third-order valence-electron chi connectivity index (χ3n) is 1.33. The van der Waals surface area contributed by atoms with Gasteiger partial charge in [0.1, 0.15) is 0 Å². The van der Waals surface area contributed by atoms with E-state index < -0.39 is 0 Å². The maximum atomic E-state index is 5.59. The second-order valence-corrected chi connectivity index (χ2v) is 2.16. The molecule has 1 unspecified atom stereocenters. The Balaban J connectivity index is 2.90. The van der Waals surface area contributed by atoms with Crippen LogP contribution in [0.3, 0.4) is 0 Å². The molecule has 0 saturated heterocycles. The number of methoxy groups -OCH3 is 1. The fourth-order valence-corrected chi connectivity index (χ4v) is 0.809. The van der Waals surface area contributed by atoms with Crippen LogP contribution < -0.4 is 10.5 Å². The molecule has 0 aliphatic heterocycles. The lowest BCUT2D eigenvalue weighted by atomic mass is 10.2. The summed E-state index contributed by atoms with van der Waals surface area (Å²) in [6.45, 7) is 1.88. The van der Waals surface area contributed by atoms with E-state index in [9.17, 15) is 0 Å². The molecule has 3 nitrogen and oxygen atoms in total. The van der Waals surface area contributed by atoms with Crippen molar-refractivity contribution in [2.75, 3.05) is 7.11 Å². The predicted octanol–water partition coefficient (Wildman–Crippen LogP) is 1.31. The van der Waals surface area contributed by atoms with E-state index in [-0.39, 0.29) is 6.04 Å². The summed E-state index contributed by atoms with van der Waals surface area (Å²) in [5.41, 5.74) is 6.50. The smallest absolute Gasteiger partial charge is 0.288 e. The number of furan rings is 1. The molecule has 10 heavy (non-hydrogen) atoms. The molecule has 0 amide bonds. The SMILES string of the molecule is COc1occc1C(C)N. The fourth-order valence-electron chi connectivity index (χ4n) is 0.809. The van der Waals surface area contributed by atoms with Crippen LogP contribution in [0.1, 0.15) is 18.5 Å². The summed E-state index contributed by atoms with van der Waals surface area (Å²) in [7, 11) is 1.56. The first-order valence-corrected chi connectivity index (χ1v) is 3.12. The molecule has 0 aliphatic rings. The first-order chi connectivity index (χ1) is 4.75. The van der Waals surface area contributed by atoms with Crippen LogP contribution in [0.2, 0.25) is 0 Å². The van der Waals surface area contributed by atoms with Gasteiger partial charge in [-0.2, -0.15) is 0 Å². The van der Waals surface area contributed by atoms with Crippen molar-refractivity contribution >= 4 is 0 Å². The second-order valence-electron chi connectivity index (χ2n) is 2.16. The Morgan fingerprint density at radius 2 is 2.40 bits per heavy atom. The summed E-state index contributed by atoms with van der Waals surface area (Å²) >= 11 is 0. The van der Waals surface area contributed by atoms with Crippen molar-refractivity contribution in [3.8, 4) is 5.95 Å². The van der Waals surface area contributed by atoms with E-state index in [1.165, 1.54) is 0 Å². The van der Waals surface area contributed by atoms with Gasteiger partial charge in [-0.1, -0.05) is 0 Å². The minimum absolute atomic E-state index is 0.0336. The summed E-state index contributed by atoms with van der Waals surface area (Å²) in [5.74, 6) is 0.509. The molecule has 3 heteroatoms. The molecular formula is C7H11NO2. The molecule has 0 saturated carbocycles. The van der Waals surface area contributed by atoms with Gasteiger partial charge in [0, 0.05) is 6.04 Å². The van der Waals surface area contributed by atoms with Crippen molar-refractivity contribution < 1.29 is 9.15 Å². The fraction of sp³-hybridized carbons (Fsp3) is 0.429. The maximum Gasteiger partial charge on any atom is 0.288 e. The average Bonchev–Trinajstić information content (AvgIpc) is 2.33. The largest absolute Gasteiger partial charge is 0.468 e. The Kier molecular flexibility index (Phi) is 1.97. The van der Waals surface area contributed by atoms with Gasteiger partial charge in [-0.25, -0.2) is 0 Å². The Bertz CT molecular complexity index is 205. The monoisotopic (exact) mass is 141 g/mol. The van der Waals surface area contributed by atoms with Crippen LogP contribution in [0.25, 0.3) is 0 Å². The Morgan fingerprint density at radius 1 is 1.70 bits per heavy atom. The van der Waals surface area contributed by atoms with Crippen molar-refractivity contribution in [3.63, 3.8) is 0 Å². The highest BCUT2D eigenvalue weighted by atomic mass is 16.6. The summed E-state index contributed by atoms with van der Waals surface area (Å²) in [4.78, 5) is 0. The lowest BCUT2D eigenvalue weighted by Crippen LogP contribution is -2.04. The van der Waals surface area contributed by atoms with Crippen molar-refractivity contribution in [1.29, 1.82) is 0 Å². The zero-order valence-corrected chi connectivity index (χ0v) is 6.13. The van der Waals surface area contributed by atoms with E-state index in [0.29, 0.717) is 5.95 Å². The molecule has 0 radical (unpaired) electrons. The normalized spacial score (nSPS) is 13.1. The van der Waals surface area contributed by atoms with Crippen LogP contribution in [-0.2, 0) is 0 Å². The zero-order valence-electron chi connectivity index (χ0n) is 6.13. The van der Waals surface area contributed by atoms with E-state index in [4.69, 9.17) is 14.9 Å². The van der Waals surface area contributed by atoms with Gasteiger partial charge in [-0.15, -0.1) is 0 Å². The van der Waals surface area contributed by atoms with Gasteiger partial charge in [-0.05, 0) is 13.0 Å². The van der Waals surface area contributed by atoms with E-state index >= 15 is 0 Å². The van der Waals surface area contributed by atoms with Crippen LogP contribution in [0.5, 0.6) is 5.95 Å². The number of hydrogen-bond donors (Lipinski definition) is 1. The quantitative estimate of drug-likeness (QED) is 0.675. The van der Waals surface area contributed by atoms with Crippen molar-refractivity contribution in [2.45, 2.75) is 13.0 Å². The summed E-state index contributed by atoms with van der Waals surface area (Å²) in [6, 6.07) is 1.78. The second kappa shape index (κ2) is 2.75. The Morgan fingerprint density at radius 3 is 2.80 bits per heavy atom. The van der Waals surface area contributed by atoms with E-state index in [0.717, 1.165) is 5.56 Å². The van der Waals surface area contributed by atoms with Crippen molar-refractivity contribution in [2.24, 2.45) is 5.73 Å². The average molecular weight is 141 g/mol. The first-order valence-electron chi connectivity index (χ1n) is 3.12. The number of hydrogen-bond acceptors (Lipinski definition) is 3. The lowest BCUT2D eigenvalue weighted by molar-refractivity contribution is 0.299. The lowest BCUT2D eigenvalue weighted by Gasteiger charge is -2.02. The van der Waals surface area contributed by atoms with E-state index in [2.05, 4.69) is 0 Å². The van der Waals surface area contributed by atoms with E-state index in [1.807, 2.05) is 13.0 Å². The van der Waals surface area contributed by atoms with Crippen LogP contribution >= 0.6 is 0 Å². The minimum atomic E-state index is -0.0336. The first kappa shape index (κ1) is 7.15. The molecule has 1 rings (SSSR count). The van der Waals surface area contributed by atoms with Crippen molar-refractivity contribution in [1.82, 2.24) is 0 Å². The maximum absolute atomic E-state index is 5.59. The highest BCUT2D eigenvalue weighted by Crippen LogP contribution is 2.23. The van der Waals surface area contributed by atoms with Gasteiger partial charge in [0.15, 0.2) is 0 Å². The highest BCUT2D eigenvalue weighted by molar-refractivity contribution is 5.25. The molecule has 0 bridgehead atoms. The van der Waals surface area contributed by atoms with Crippen LogP contribution in [0, 0.1) is 0 Å². The molecule has 56 valence electrons. The molecule has 0 aromatic carbocycles. The van der Waals surface area contributed by atoms with Gasteiger partial charge in [0.25, 0.3) is 5.95 Å². The molecule has 0 fully saturated rings. The molecule has 1 aromatic rings. The Labute approximate surface area is 59.8 Å². The third-order valence-corrected chi connectivity index (χ3v) is 1.33. The topological polar surface area (TPSA) is 48.4 Å². The van der Waals surface area contributed by atoms with Crippen LogP contribution in [0.15, 0.2) is 16.7 Å². The molecule has 1 aromatic heterocycles. The van der Waals surface area contributed by atoms with Gasteiger partial charge < -0.3 is 14.9 Å². The highest BCUT2D eigenvalue weighted by Gasteiger charge is 2.09. The number of rotatable bonds is 2. The number of ether oxygens (including phenoxy) is 1. The minimum Gasteiger partial charge on any atom is -0.468 e. The third kappa shape index (κ3) is 1.14. The summed E-state index contributed by atoms with van der Waals surface area (Å²) < 4.78 is 9.87. The molecule has 0 aliphatic carbocycles.